The van der Waals surface area contributed by atoms with Gasteiger partial charge in [-0.05, 0) is 30.5 Å². The first-order chi connectivity index (χ1) is 9.94. The van der Waals surface area contributed by atoms with Gasteiger partial charge in [0.05, 0.1) is 17.4 Å². The topological polar surface area (TPSA) is 98.5 Å². The van der Waals surface area contributed by atoms with Crippen molar-refractivity contribution in [3.63, 3.8) is 0 Å². The fraction of sp³-hybridized carbons (Fsp3) is 0.429. The summed E-state index contributed by atoms with van der Waals surface area (Å²) in [4.78, 5) is 10.9. The van der Waals surface area contributed by atoms with Crippen molar-refractivity contribution < 1.29 is 18.3 Å². The summed E-state index contributed by atoms with van der Waals surface area (Å²) in [5.41, 5.74) is 0.509. The molecule has 0 heterocycles. The van der Waals surface area contributed by atoms with Gasteiger partial charge in [-0.1, -0.05) is 12.1 Å². The molecule has 7 heteroatoms. The molecular formula is C14H16N2O4S. The lowest BCUT2D eigenvalue weighted by atomic mass is 10.1. The van der Waals surface area contributed by atoms with Crippen molar-refractivity contribution >= 4 is 16.0 Å². The molecular weight excluding hydrogens is 292 g/mol. The van der Waals surface area contributed by atoms with Gasteiger partial charge in [0, 0.05) is 19.0 Å². The number of aromatic carboxylic acids is 1. The van der Waals surface area contributed by atoms with Crippen LogP contribution in [0.5, 0.6) is 0 Å². The Morgan fingerprint density at radius 1 is 1.43 bits per heavy atom. The molecule has 1 aromatic carbocycles. The molecule has 1 fully saturated rings. The molecule has 21 heavy (non-hydrogen) atoms. The number of hydrogen-bond donors (Lipinski definition) is 1. The van der Waals surface area contributed by atoms with E-state index < -0.39 is 16.0 Å². The highest BCUT2D eigenvalue weighted by Crippen LogP contribution is 2.30. The van der Waals surface area contributed by atoms with Crippen molar-refractivity contribution in [2.24, 2.45) is 0 Å². The Morgan fingerprint density at radius 3 is 2.71 bits per heavy atom. The second-order valence-electron chi connectivity index (χ2n) is 5.01. The zero-order valence-electron chi connectivity index (χ0n) is 11.4. The molecule has 1 N–H and O–H groups in total. The highest BCUT2D eigenvalue weighted by molar-refractivity contribution is 7.88. The van der Waals surface area contributed by atoms with E-state index in [2.05, 4.69) is 0 Å². The molecule has 0 atom stereocenters. The average molecular weight is 308 g/mol. The van der Waals surface area contributed by atoms with E-state index in [-0.39, 0.29) is 30.3 Å². The van der Waals surface area contributed by atoms with Gasteiger partial charge >= 0.3 is 5.97 Å². The number of hydrogen-bond acceptors (Lipinski definition) is 4. The largest absolute Gasteiger partial charge is 0.478 e. The molecule has 2 rings (SSSR count). The van der Waals surface area contributed by atoms with Gasteiger partial charge in [-0.3, -0.25) is 0 Å². The number of nitrogens with zero attached hydrogens (tertiary/aromatic N) is 2. The molecule has 112 valence electrons. The highest BCUT2D eigenvalue weighted by atomic mass is 32.2. The molecule has 1 aliphatic rings. The van der Waals surface area contributed by atoms with Gasteiger partial charge in [0.15, 0.2) is 0 Å². The van der Waals surface area contributed by atoms with E-state index in [4.69, 9.17) is 10.4 Å². The Balaban J connectivity index is 2.17. The van der Waals surface area contributed by atoms with Gasteiger partial charge in [0.25, 0.3) is 0 Å². The van der Waals surface area contributed by atoms with Crippen molar-refractivity contribution in [2.75, 3.05) is 6.54 Å². The summed E-state index contributed by atoms with van der Waals surface area (Å²) in [5.74, 6) is -1.33. The third kappa shape index (κ3) is 4.03. The van der Waals surface area contributed by atoms with Crippen molar-refractivity contribution in [3.8, 4) is 6.07 Å². The lowest BCUT2D eigenvalue weighted by Gasteiger charge is -2.20. The van der Waals surface area contributed by atoms with Crippen LogP contribution in [0.3, 0.4) is 0 Å². The number of nitriles is 1. The minimum atomic E-state index is -3.54. The molecule has 0 bridgehead atoms. The van der Waals surface area contributed by atoms with Crippen LogP contribution in [-0.2, 0) is 15.8 Å². The Bertz CT molecular complexity index is 674. The monoisotopic (exact) mass is 308 g/mol. The van der Waals surface area contributed by atoms with Crippen LogP contribution < -0.4 is 0 Å². The maximum Gasteiger partial charge on any atom is 0.335 e. The van der Waals surface area contributed by atoms with Gasteiger partial charge in [-0.2, -0.15) is 9.57 Å². The first kappa shape index (κ1) is 15.5. The fourth-order valence-electron chi connectivity index (χ4n) is 2.16. The smallest absolute Gasteiger partial charge is 0.335 e. The highest BCUT2D eigenvalue weighted by Gasteiger charge is 2.36. The van der Waals surface area contributed by atoms with E-state index in [1.165, 1.54) is 22.5 Å². The lowest BCUT2D eigenvalue weighted by Crippen LogP contribution is -2.34. The van der Waals surface area contributed by atoms with Gasteiger partial charge in [0.1, 0.15) is 0 Å². The Labute approximate surface area is 123 Å². The third-order valence-electron chi connectivity index (χ3n) is 3.28. The quantitative estimate of drug-likeness (QED) is 0.824. The minimum absolute atomic E-state index is 0.00833. The van der Waals surface area contributed by atoms with Crippen LogP contribution in [0.4, 0.5) is 0 Å². The van der Waals surface area contributed by atoms with E-state index in [0.717, 1.165) is 12.8 Å². The standard InChI is InChI=1S/C14H16N2O4S/c15-7-2-8-16(13-5-6-13)21(19,20)10-11-3-1-4-12(9-11)14(17)18/h1,3-4,9,13H,2,5-6,8,10H2,(H,17,18). The van der Waals surface area contributed by atoms with E-state index in [1.54, 1.807) is 6.07 Å². The van der Waals surface area contributed by atoms with Crippen LogP contribution in [-0.4, -0.2) is 36.4 Å². The van der Waals surface area contributed by atoms with Crippen LogP contribution in [0, 0.1) is 11.3 Å². The summed E-state index contributed by atoms with van der Waals surface area (Å²) in [6.45, 7) is 0.197. The van der Waals surface area contributed by atoms with E-state index in [9.17, 15) is 13.2 Å². The summed E-state index contributed by atoms with van der Waals surface area (Å²) in [6, 6.07) is 7.87. The van der Waals surface area contributed by atoms with Crippen molar-refractivity contribution in [1.29, 1.82) is 5.26 Å². The van der Waals surface area contributed by atoms with Crippen LogP contribution in [0.1, 0.15) is 35.2 Å². The number of rotatable bonds is 7. The molecule has 0 radical (unpaired) electrons. The van der Waals surface area contributed by atoms with Crippen LogP contribution in [0.25, 0.3) is 0 Å². The third-order valence-corrected chi connectivity index (χ3v) is 5.17. The van der Waals surface area contributed by atoms with E-state index >= 15 is 0 Å². The SMILES string of the molecule is N#CCCN(C1CC1)S(=O)(=O)Cc1cccc(C(=O)O)c1. The molecule has 1 saturated carbocycles. The maximum absolute atomic E-state index is 12.4. The number of benzene rings is 1. The summed E-state index contributed by atoms with van der Waals surface area (Å²) >= 11 is 0. The molecule has 6 nitrogen and oxygen atoms in total. The van der Waals surface area contributed by atoms with Crippen molar-refractivity contribution in [3.05, 3.63) is 35.4 Å². The molecule has 0 aromatic heterocycles. The van der Waals surface area contributed by atoms with Crippen LogP contribution >= 0.6 is 0 Å². The zero-order valence-corrected chi connectivity index (χ0v) is 12.2. The number of carbonyl (C=O) groups is 1. The summed E-state index contributed by atoms with van der Waals surface area (Å²) in [7, 11) is -3.54. The number of carboxylic acids is 1. The summed E-state index contributed by atoms with van der Waals surface area (Å²) in [6.07, 6.45) is 1.80. The Hall–Kier alpha value is -1.91. The molecule has 0 saturated heterocycles. The normalized spacial score (nSPS) is 14.9. The van der Waals surface area contributed by atoms with E-state index in [1.807, 2.05) is 6.07 Å². The van der Waals surface area contributed by atoms with Gasteiger partial charge < -0.3 is 5.11 Å². The van der Waals surface area contributed by atoms with Crippen molar-refractivity contribution in [2.45, 2.75) is 31.1 Å². The average Bonchev–Trinajstić information content (AvgIpc) is 3.23. The number of sulfonamides is 1. The van der Waals surface area contributed by atoms with Crippen LogP contribution in [0.2, 0.25) is 0 Å². The Kier molecular flexibility index (Phi) is 4.60. The molecule has 1 aromatic rings. The predicted molar refractivity (Wildman–Crippen MR) is 76.0 cm³/mol. The van der Waals surface area contributed by atoms with Gasteiger partial charge in [-0.25, -0.2) is 13.2 Å². The maximum atomic E-state index is 12.4. The molecule has 0 spiro atoms. The minimum Gasteiger partial charge on any atom is -0.478 e. The summed E-state index contributed by atoms with van der Waals surface area (Å²) in [5, 5.41) is 17.6. The predicted octanol–water partition coefficient (Wildman–Crippen LogP) is 1.59. The molecule has 0 aliphatic heterocycles. The first-order valence-corrected chi connectivity index (χ1v) is 8.23. The van der Waals surface area contributed by atoms with Crippen molar-refractivity contribution in [1.82, 2.24) is 4.31 Å². The second-order valence-corrected chi connectivity index (χ2v) is 6.93. The molecule has 1 aliphatic carbocycles. The number of carboxylic acid groups (broad SMARTS) is 1. The zero-order chi connectivity index (χ0) is 15.5. The lowest BCUT2D eigenvalue weighted by molar-refractivity contribution is 0.0696. The van der Waals surface area contributed by atoms with Gasteiger partial charge in [-0.15, -0.1) is 0 Å². The van der Waals surface area contributed by atoms with Gasteiger partial charge in [0.2, 0.25) is 10.0 Å². The second kappa shape index (κ2) is 6.24. The first-order valence-electron chi connectivity index (χ1n) is 6.63. The van der Waals surface area contributed by atoms with E-state index in [0.29, 0.717) is 5.56 Å². The fourth-order valence-corrected chi connectivity index (χ4v) is 3.96. The summed E-state index contributed by atoms with van der Waals surface area (Å²) < 4.78 is 26.3. The van der Waals surface area contributed by atoms with Crippen LogP contribution in [0.15, 0.2) is 24.3 Å². The Morgan fingerprint density at radius 2 is 2.14 bits per heavy atom. The molecule has 0 amide bonds. The molecule has 0 unspecified atom stereocenters.